The van der Waals surface area contributed by atoms with Crippen molar-refractivity contribution in [3.05, 3.63) is 35.4 Å². The van der Waals surface area contributed by atoms with Crippen LogP contribution in [0.3, 0.4) is 0 Å². The van der Waals surface area contributed by atoms with Crippen molar-refractivity contribution in [1.82, 2.24) is 5.32 Å². The van der Waals surface area contributed by atoms with E-state index in [1.807, 2.05) is 38.1 Å². The van der Waals surface area contributed by atoms with E-state index in [2.05, 4.69) is 5.32 Å². The molecule has 2 N–H and O–H groups in total. The van der Waals surface area contributed by atoms with Crippen LogP contribution in [0.1, 0.15) is 49.0 Å². The van der Waals surface area contributed by atoms with Crippen molar-refractivity contribution < 1.29 is 14.6 Å². The third-order valence-electron chi connectivity index (χ3n) is 4.13. The summed E-state index contributed by atoms with van der Waals surface area (Å²) >= 11 is 0. The van der Waals surface area contributed by atoms with Gasteiger partial charge in [0.15, 0.2) is 0 Å². The van der Waals surface area contributed by atoms with Crippen LogP contribution in [0.25, 0.3) is 0 Å². The predicted octanol–water partition coefficient (Wildman–Crippen LogP) is 2.55. The number of amides is 1. The van der Waals surface area contributed by atoms with Gasteiger partial charge in [0.2, 0.25) is 0 Å². The molecule has 0 aliphatic carbocycles. The Labute approximate surface area is 132 Å². The Kier molecular flexibility index (Phi) is 5.98. The molecule has 4 nitrogen and oxygen atoms in total. The highest BCUT2D eigenvalue weighted by atomic mass is 16.5. The quantitative estimate of drug-likeness (QED) is 0.849. The molecule has 1 aliphatic rings. The van der Waals surface area contributed by atoms with E-state index in [-0.39, 0.29) is 5.91 Å². The van der Waals surface area contributed by atoms with Gasteiger partial charge in [0.25, 0.3) is 5.91 Å². The van der Waals surface area contributed by atoms with Gasteiger partial charge in [-0.15, -0.1) is 0 Å². The van der Waals surface area contributed by atoms with Gasteiger partial charge in [-0.1, -0.05) is 12.1 Å². The number of hydrogen-bond donors (Lipinski definition) is 2. The Hall–Kier alpha value is -1.39. The lowest BCUT2D eigenvalue weighted by atomic mass is 9.98. The van der Waals surface area contributed by atoms with Crippen LogP contribution in [0, 0.1) is 5.92 Å². The molecule has 122 valence electrons. The topological polar surface area (TPSA) is 58.6 Å². The maximum Gasteiger partial charge on any atom is 0.251 e. The molecule has 1 heterocycles. The molecule has 0 saturated carbocycles. The summed E-state index contributed by atoms with van der Waals surface area (Å²) in [5.41, 5.74) is 1.18. The zero-order valence-electron chi connectivity index (χ0n) is 13.6. The van der Waals surface area contributed by atoms with Gasteiger partial charge < -0.3 is 15.2 Å². The van der Waals surface area contributed by atoms with Crippen LogP contribution in [0.15, 0.2) is 24.3 Å². The molecule has 1 aromatic carbocycles. The third kappa shape index (κ3) is 5.78. The zero-order valence-corrected chi connectivity index (χ0v) is 13.6. The molecule has 0 atom stereocenters. The van der Waals surface area contributed by atoms with Crippen LogP contribution < -0.4 is 5.32 Å². The Bertz CT molecular complexity index is 470. The summed E-state index contributed by atoms with van der Waals surface area (Å²) in [6.45, 7) is 5.95. The molecule has 0 unspecified atom stereocenters. The smallest absolute Gasteiger partial charge is 0.251 e. The first kappa shape index (κ1) is 17.0. The van der Waals surface area contributed by atoms with Crippen LogP contribution in [-0.2, 0) is 11.2 Å². The molecule has 0 bridgehead atoms. The SMILES string of the molecule is CC(C)(O)CCc1ccc(C(=O)NCC2CCOCC2)cc1. The van der Waals surface area contributed by atoms with Crippen molar-refractivity contribution in [2.24, 2.45) is 5.92 Å². The van der Waals surface area contributed by atoms with Crippen molar-refractivity contribution in [3.8, 4) is 0 Å². The molecule has 1 amide bonds. The lowest BCUT2D eigenvalue weighted by Gasteiger charge is -2.22. The van der Waals surface area contributed by atoms with Gasteiger partial charge in [-0.05, 0) is 63.1 Å². The van der Waals surface area contributed by atoms with Gasteiger partial charge in [0.1, 0.15) is 0 Å². The molecule has 0 radical (unpaired) electrons. The zero-order chi connectivity index (χ0) is 16.0. The summed E-state index contributed by atoms with van der Waals surface area (Å²) in [4.78, 5) is 12.1. The van der Waals surface area contributed by atoms with Crippen molar-refractivity contribution in [3.63, 3.8) is 0 Å². The number of nitrogens with one attached hydrogen (secondary N) is 1. The van der Waals surface area contributed by atoms with Gasteiger partial charge in [0, 0.05) is 25.3 Å². The fourth-order valence-electron chi connectivity index (χ4n) is 2.56. The molecule has 1 aromatic rings. The first-order valence-corrected chi connectivity index (χ1v) is 8.11. The number of hydrogen-bond acceptors (Lipinski definition) is 3. The summed E-state index contributed by atoms with van der Waals surface area (Å²) in [5, 5.41) is 12.8. The summed E-state index contributed by atoms with van der Waals surface area (Å²) < 4.78 is 5.32. The minimum absolute atomic E-state index is 0.0134. The van der Waals surface area contributed by atoms with Crippen LogP contribution in [0.5, 0.6) is 0 Å². The average Bonchev–Trinajstić information content (AvgIpc) is 2.51. The second-order valence-electron chi connectivity index (χ2n) is 6.78. The number of rotatable bonds is 6. The van der Waals surface area contributed by atoms with Gasteiger partial charge >= 0.3 is 0 Å². The molecular weight excluding hydrogens is 278 g/mol. The van der Waals surface area contributed by atoms with E-state index in [4.69, 9.17) is 4.74 Å². The van der Waals surface area contributed by atoms with E-state index in [0.29, 0.717) is 17.9 Å². The minimum atomic E-state index is -0.653. The fraction of sp³-hybridized carbons (Fsp3) is 0.611. The van der Waals surface area contributed by atoms with Crippen LogP contribution >= 0.6 is 0 Å². The molecule has 0 spiro atoms. The lowest BCUT2D eigenvalue weighted by Crippen LogP contribution is -2.32. The van der Waals surface area contributed by atoms with Crippen LogP contribution in [-0.4, -0.2) is 36.4 Å². The Balaban J connectivity index is 1.80. The standard InChI is InChI=1S/C18H27NO3/c1-18(2,21)10-7-14-3-5-16(6-4-14)17(20)19-13-15-8-11-22-12-9-15/h3-6,15,21H,7-13H2,1-2H3,(H,19,20). The summed E-state index contributed by atoms with van der Waals surface area (Å²) in [6.07, 6.45) is 3.57. The Morgan fingerprint density at radius 1 is 1.27 bits per heavy atom. The predicted molar refractivity (Wildman–Crippen MR) is 86.9 cm³/mol. The maximum atomic E-state index is 12.1. The number of aliphatic hydroxyl groups is 1. The number of benzene rings is 1. The van der Waals surface area contributed by atoms with E-state index in [9.17, 15) is 9.90 Å². The number of carbonyl (C=O) groups excluding carboxylic acids is 1. The second-order valence-corrected chi connectivity index (χ2v) is 6.78. The molecule has 1 aliphatic heterocycles. The molecule has 22 heavy (non-hydrogen) atoms. The van der Waals surface area contributed by atoms with Gasteiger partial charge in [-0.3, -0.25) is 4.79 Å². The summed E-state index contributed by atoms with van der Waals surface area (Å²) in [6, 6.07) is 7.66. The van der Waals surface area contributed by atoms with E-state index >= 15 is 0 Å². The molecule has 2 rings (SSSR count). The second kappa shape index (κ2) is 7.75. The van der Waals surface area contributed by atoms with Crippen molar-refractivity contribution in [2.75, 3.05) is 19.8 Å². The van der Waals surface area contributed by atoms with Gasteiger partial charge in [-0.25, -0.2) is 0 Å². The molecular formula is C18H27NO3. The van der Waals surface area contributed by atoms with Gasteiger partial charge in [0.05, 0.1) is 5.60 Å². The molecule has 4 heteroatoms. The number of carbonyl (C=O) groups is 1. The highest BCUT2D eigenvalue weighted by Gasteiger charge is 2.15. The highest BCUT2D eigenvalue weighted by molar-refractivity contribution is 5.94. The largest absolute Gasteiger partial charge is 0.390 e. The first-order chi connectivity index (χ1) is 10.4. The third-order valence-corrected chi connectivity index (χ3v) is 4.13. The fourth-order valence-corrected chi connectivity index (χ4v) is 2.56. The molecule has 1 fully saturated rings. The minimum Gasteiger partial charge on any atom is -0.390 e. The summed E-state index contributed by atoms with van der Waals surface area (Å²) in [5.74, 6) is 0.518. The lowest BCUT2D eigenvalue weighted by molar-refractivity contribution is 0.0642. The average molecular weight is 305 g/mol. The van der Waals surface area contributed by atoms with E-state index in [1.165, 1.54) is 0 Å². The van der Waals surface area contributed by atoms with Crippen molar-refractivity contribution >= 4 is 5.91 Å². The van der Waals surface area contributed by atoms with Crippen molar-refractivity contribution in [2.45, 2.75) is 45.1 Å². The Morgan fingerprint density at radius 3 is 2.50 bits per heavy atom. The summed E-state index contributed by atoms with van der Waals surface area (Å²) in [7, 11) is 0. The van der Waals surface area contributed by atoms with Gasteiger partial charge in [-0.2, -0.15) is 0 Å². The molecule has 1 saturated heterocycles. The molecule has 0 aromatic heterocycles. The van der Waals surface area contributed by atoms with E-state index in [0.717, 1.165) is 44.6 Å². The first-order valence-electron chi connectivity index (χ1n) is 8.11. The van der Waals surface area contributed by atoms with E-state index < -0.39 is 5.60 Å². The normalized spacial score (nSPS) is 16.5. The van der Waals surface area contributed by atoms with Crippen molar-refractivity contribution in [1.29, 1.82) is 0 Å². The maximum absolute atomic E-state index is 12.1. The highest BCUT2D eigenvalue weighted by Crippen LogP contribution is 2.15. The monoisotopic (exact) mass is 305 g/mol. The number of aryl methyl sites for hydroxylation is 1. The number of ether oxygens (including phenoxy) is 1. The van der Waals surface area contributed by atoms with Crippen LogP contribution in [0.4, 0.5) is 0 Å². The Morgan fingerprint density at radius 2 is 1.91 bits per heavy atom. The van der Waals surface area contributed by atoms with Crippen LogP contribution in [0.2, 0.25) is 0 Å². The van der Waals surface area contributed by atoms with E-state index in [1.54, 1.807) is 0 Å².